The maximum atomic E-state index is 14.6. The number of anilines is 3. The highest BCUT2D eigenvalue weighted by molar-refractivity contribution is 5.88. The SMILES string of the molecule is Cc1c(F)ccc(N2CC[C@](N)(C(=O)NCc3ccnc(N)n3)C2)c1Cn1cnc2c(N)ncnc21. The van der Waals surface area contributed by atoms with Crippen molar-refractivity contribution in [3.63, 3.8) is 0 Å². The third kappa shape index (κ3) is 4.24. The van der Waals surface area contributed by atoms with E-state index in [4.69, 9.17) is 17.2 Å². The molecule has 3 aromatic heterocycles. The van der Waals surface area contributed by atoms with Crippen molar-refractivity contribution < 1.29 is 9.18 Å². The van der Waals surface area contributed by atoms with Crippen LogP contribution in [-0.2, 0) is 17.9 Å². The zero-order valence-electron chi connectivity index (χ0n) is 19.6. The van der Waals surface area contributed by atoms with Gasteiger partial charge in [-0.25, -0.2) is 29.3 Å². The van der Waals surface area contributed by atoms with E-state index < -0.39 is 5.54 Å². The van der Waals surface area contributed by atoms with Crippen molar-refractivity contribution in [1.82, 2.24) is 34.8 Å². The Bertz CT molecular complexity index is 1460. The number of carbonyl (C=O) groups is 1. The van der Waals surface area contributed by atoms with Crippen LogP contribution in [0.15, 0.2) is 37.1 Å². The number of amides is 1. The van der Waals surface area contributed by atoms with Crippen LogP contribution in [0.25, 0.3) is 11.2 Å². The number of hydrogen-bond acceptors (Lipinski definition) is 10. The van der Waals surface area contributed by atoms with Gasteiger partial charge < -0.3 is 32.0 Å². The fourth-order valence-corrected chi connectivity index (χ4v) is 4.48. The zero-order chi connectivity index (χ0) is 25.4. The molecule has 1 aliphatic rings. The molecule has 13 heteroatoms. The molecular weight excluding hydrogens is 465 g/mol. The van der Waals surface area contributed by atoms with Gasteiger partial charge in [-0.2, -0.15) is 0 Å². The maximum Gasteiger partial charge on any atom is 0.242 e. The van der Waals surface area contributed by atoms with Gasteiger partial charge in [0.1, 0.15) is 23.2 Å². The van der Waals surface area contributed by atoms with Gasteiger partial charge in [0, 0.05) is 30.5 Å². The summed E-state index contributed by atoms with van der Waals surface area (Å²) in [4.78, 5) is 35.5. The molecule has 7 N–H and O–H groups in total. The van der Waals surface area contributed by atoms with Gasteiger partial charge in [0.25, 0.3) is 0 Å². The predicted octanol–water partition coefficient (Wildman–Crippen LogP) is 0.501. The number of imidazole rings is 1. The number of rotatable bonds is 6. The monoisotopic (exact) mass is 491 g/mol. The van der Waals surface area contributed by atoms with Gasteiger partial charge >= 0.3 is 0 Å². The van der Waals surface area contributed by atoms with Crippen LogP contribution in [0.5, 0.6) is 0 Å². The normalized spacial score (nSPS) is 17.6. The second-order valence-corrected chi connectivity index (χ2v) is 8.89. The first kappa shape index (κ1) is 23.4. The summed E-state index contributed by atoms with van der Waals surface area (Å²) in [5, 5.41) is 2.84. The Morgan fingerprint density at radius 2 is 2.03 bits per heavy atom. The van der Waals surface area contributed by atoms with Crippen LogP contribution >= 0.6 is 0 Å². The smallest absolute Gasteiger partial charge is 0.242 e. The Labute approximate surface area is 205 Å². The van der Waals surface area contributed by atoms with E-state index in [1.54, 1.807) is 30.0 Å². The minimum atomic E-state index is -1.12. The number of benzene rings is 1. The van der Waals surface area contributed by atoms with E-state index in [1.165, 1.54) is 18.6 Å². The number of halogens is 1. The summed E-state index contributed by atoms with van der Waals surface area (Å²) in [6.45, 7) is 3.01. The number of carbonyl (C=O) groups excluding carboxylic acids is 1. The molecule has 5 rings (SSSR count). The molecule has 1 saturated heterocycles. The van der Waals surface area contributed by atoms with Gasteiger partial charge in [-0.3, -0.25) is 4.79 Å². The third-order valence-corrected chi connectivity index (χ3v) is 6.52. The van der Waals surface area contributed by atoms with Gasteiger partial charge in [0.15, 0.2) is 11.5 Å². The Morgan fingerprint density at radius 1 is 1.19 bits per heavy atom. The van der Waals surface area contributed by atoms with Gasteiger partial charge in [-0.15, -0.1) is 0 Å². The highest BCUT2D eigenvalue weighted by Gasteiger charge is 2.41. The van der Waals surface area contributed by atoms with Crippen LogP contribution < -0.4 is 27.4 Å². The Morgan fingerprint density at radius 3 is 2.83 bits per heavy atom. The highest BCUT2D eigenvalue weighted by atomic mass is 19.1. The number of nitrogens with one attached hydrogen (secondary N) is 1. The molecule has 1 aromatic carbocycles. The van der Waals surface area contributed by atoms with Crippen molar-refractivity contribution in [3.8, 4) is 0 Å². The van der Waals surface area contributed by atoms with E-state index >= 15 is 0 Å². The number of hydrogen-bond donors (Lipinski definition) is 4. The molecule has 4 heterocycles. The lowest BCUT2D eigenvalue weighted by Gasteiger charge is -2.27. The number of aromatic nitrogens is 6. The van der Waals surface area contributed by atoms with E-state index in [0.29, 0.717) is 41.9 Å². The summed E-state index contributed by atoms with van der Waals surface area (Å²) in [7, 11) is 0. The van der Waals surface area contributed by atoms with Crippen LogP contribution in [0.2, 0.25) is 0 Å². The summed E-state index contributed by atoms with van der Waals surface area (Å²) in [5.41, 5.74) is 20.6. The molecule has 186 valence electrons. The first-order valence-corrected chi connectivity index (χ1v) is 11.3. The first-order valence-electron chi connectivity index (χ1n) is 11.3. The van der Waals surface area contributed by atoms with Crippen LogP contribution in [0.4, 0.5) is 21.8 Å². The summed E-state index contributed by atoms with van der Waals surface area (Å²) in [6.07, 6.45) is 4.93. The molecule has 4 aromatic rings. The van der Waals surface area contributed by atoms with Crippen molar-refractivity contribution in [3.05, 3.63) is 59.7 Å². The van der Waals surface area contributed by atoms with E-state index in [2.05, 4.69) is 30.2 Å². The largest absolute Gasteiger partial charge is 0.382 e. The fraction of sp³-hybridized carbons (Fsp3) is 0.304. The molecule has 0 aliphatic carbocycles. The minimum absolute atomic E-state index is 0.135. The second-order valence-electron chi connectivity index (χ2n) is 8.89. The lowest BCUT2D eigenvalue weighted by Crippen LogP contribution is -2.55. The standard InChI is InChI=1S/C23H26FN11O/c1-13-15(9-35-12-32-18-19(25)30-11-31-20(18)35)17(3-2-16(13)24)34-7-5-23(27,10-34)21(36)29-8-14-4-6-28-22(26)33-14/h2-4,6,11-12H,5,7-10,27H2,1H3,(H,29,36)(H2,25,30,31)(H2,26,28,33)/t23-/m1/s1. The Hall–Kier alpha value is -4.39. The van der Waals surface area contributed by atoms with Crippen LogP contribution in [0.3, 0.4) is 0 Å². The molecule has 1 fully saturated rings. The molecular formula is C23H26FN11O. The van der Waals surface area contributed by atoms with Crippen molar-refractivity contribution in [2.75, 3.05) is 29.5 Å². The van der Waals surface area contributed by atoms with E-state index in [1.807, 2.05) is 4.90 Å². The number of nitrogen functional groups attached to an aromatic ring is 2. The molecule has 1 atom stereocenters. The topological polar surface area (TPSA) is 180 Å². The minimum Gasteiger partial charge on any atom is -0.382 e. The molecule has 0 spiro atoms. The average Bonchev–Trinajstić information content (AvgIpc) is 3.46. The summed E-state index contributed by atoms with van der Waals surface area (Å²) < 4.78 is 16.4. The van der Waals surface area contributed by atoms with Crippen molar-refractivity contribution in [1.29, 1.82) is 0 Å². The first-order chi connectivity index (χ1) is 17.2. The van der Waals surface area contributed by atoms with E-state index in [9.17, 15) is 9.18 Å². The van der Waals surface area contributed by atoms with E-state index in [0.717, 1.165) is 11.3 Å². The van der Waals surface area contributed by atoms with Crippen molar-refractivity contribution >= 4 is 34.5 Å². The lowest BCUT2D eigenvalue weighted by atomic mass is 9.99. The molecule has 12 nitrogen and oxygen atoms in total. The zero-order valence-corrected chi connectivity index (χ0v) is 19.6. The molecule has 1 aliphatic heterocycles. The maximum absolute atomic E-state index is 14.6. The average molecular weight is 492 g/mol. The molecule has 0 bridgehead atoms. The van der Waals surface area contributed by atoms with Crippen LogP contribution in [0.1, 0.15) is 23.2 Å². The highest BCUT2D eigenvalue weighted by Crippen LogP contribution is 2.32. The Balaban J connectivity index is 1.38. The lowest BCUT2D eigenvalue weighted by molar-refractivity contribution is -0.125. The van der Waals surface area contributed by atoms with Gasteiger partial charge in [-0.1, -0.05) is 0 Å². The number of nitrogens with zero attached hydrogens (tertiary/aromatic N) is 7. The quantitative estimate of drug-likeness (QED) is 0.297. The second kappa shape index (κ2) is 9.00. The third-order valence-electron chi connectivity index (χ3n) is 6.52. The predicted molar refractivity (Wildman–Crippen MR) is 132 cm³/mol. The molecule has 0 unspecified atom stereocenters. The summed E-state index contributed by atoms with van der Waals surface area (Å²) in [6, 6.07) is 4.82. The summed E-state index contributed by atoms with van der Waals surface area (Å²) in [5.74, 6) is -0.212. The van der Waals surface area contributed by atoms with Crippen molar-refractivity contribution in [2.45, 2.75) is 32.0 Å². The van der Waals surface area contributed by atoms with Gasteiger partial charge in [0.2, 0.25) is 11.9 Å². The fourth-order valence-electron chi connectivity index (χ4n) is 4.48. The molecule has 1 amide bonds. The number of fused-ring (bicyclic) bond motifs is 1. The summed E-state index contributed by atoms with van der Waals surface area (Å²) >= 11 is 0. The van der Waals surface area contributed by atoms with Gasteiger partial charge in [-0.05, 0) is 37.1 Å². The van der Waals surface area contributed by atoms with Crippen LogP contribution in [0, 0.1) is 12.7 Å². The number of nitrogens with two attached hydrogens (primary N) is 3. The Kier molecular flexibility index (Phi) is 5.84. The van der Waals surface area contributed by atoms with E-state index in [-0.39, 0.29) is 36.6 Å². The molecule has 36 heavy (non-hydrogen) atoms. The molecule has 0 saturated carbocycles. The van der Waals surface area contributed by atoms with Gasteiger partial charge in [0.05, 0.1) is 25.1 Å². The molecule has 0 radical (unpaired) electrons. The van der Waals surface area contributed by atoms with Crippen molar-refractivity contribution in [2.24, 2.45) is 5.73 Å². The van der Waals surface area contributed by atoms with Crippen LogP contribution in [-0.4, -0.2) is 54.0 Å².